The molecule has 0 saturated heterocycles. The van der Waals surface area contributed by atoms with Crippen LogP contribution in [0.15, 0.2) is 101 Å². The number of carbonyl (C=O) groups is 1. The van der Waals surface area contributed by atoms with E-state index in [-0.39, 0.29) is 17.9 Å². The average Bonchev–Trinajstić information content (AvgIpc) is 3.61. The fraction of sp³-hybridized carbons (Fsp3) is 0.111. The Bertz CT molecular complexity index is 1640. The van der Waals surface area contributed by atoms with Gasteiger partial charge in [-0.15, -0.1) is 0 Å². The van der Waals surface area contributed by atoms with Gasteiger partial charge in [0.25, 0.3) is 0 Å². The molecule has 0 radical (unpaired) electrons. The Morgan fingerprint density at radius 1 is 0.974 bits per heavy atom. The predicted octanol–water partition coefficient (Wildman–Crippen LogP) is 4.28. The quantitative estimate of drug-likeness (QED) is 0.190. The summed E-state index contributed by atoms with van der Waals surface area (Å²) in [6, 6.07) is 24.0. The summed E-state index contributed by atoms with van der Waals surface area (Å²) in [5.74, 6) is 1.93. The molecule has 3 heterocycles. The number of carbonyl (C=O) groups excluding carboxylic acids is 1. The number of benzene rings is 3. The Hall–Kier alpha value is -4.45. The first-order valence-corrected chi connectivity index (χ1v) is 13.1. The molecule has 0 fully saturated rings. The number of para-hydroxylation sites is 2. The molecule has 0 saturated carbocycles. The highest BCUT2D eigenvalue weighted by atomic mass is 32.2. The van der Waals surface area contributed by atoms with Crippen LogP contribution in [0.2, 0.25) is 0 Å². The maximum atomic E-state index is 13.1. The lowest BCUT2D eigenvalue weighted by atomic mass is 10.1. The highest BCUT2D eigenvalue weighted by Gasteiger charge is 2.29. The van der Waals surface area contributed by atoms with Crippen LogP contribution < -0.4 is 10.2 Å². The number of sulfonamides is 1. The molecule has 2 aromatic heterocycles. The minimum Gasteiger partial charge on any atom is -0.468 e. The van der Waals surface area contributed by atoms with Gasteiger partial charge < -0.3 is 9.15 Å². The van der Waals surface area contributed by atoms with E-state index in [2.05, 4.69) is 4.98 Å². The van der Waals surface area contributed by atoms with Crippen LogP contribution in [0, 0.1) is 0 Å². The Kier molecular flexibility index (Phi) is 7.22. The summed E-state index contributed by atoms with van der Waals surface area (Å²) in [4.78, 5) is 13.5. The van der Waals surface area contributed by atoms with E-state index in [1.165, 1.54) is 9.79 Å². The van der Waals surface area contributed by atoms with Gasteiger partial charge in [-0.3, -0.25) is 14.6 Å². The van der Waals surface area contributed by atoms with E-state index in [1.54, 1.807) is 36.9 Å². The third-order valence-corrected chi connectivity index (χ3v) is 7.97. The van der Waals surface area contributed by atoms with E-state index in [4.69, 9.17) is 19.2 Å². The van der Waals surface area contributed by atoms with Gasteiger partial charge >= 0.3 is 0 Å². The zero-order valence-electron chi connectivity index (χ0n) is 20.1. The summed E-state index contributed by atoms with van der Waals surface area (Å²) in [5, 5.41) is 7.26. The first-order valence-electron chi connectivity index (χ1n) is 11.7. The van der Waals surface area contributed by atoms with Crippen LogP contribution in [0.3, 0.4) is 0 Å². The fourth-order valence-electron chi connectivity index (χ4n) is 4.22. The second kappa shape index (κ2) is 10.9. The van der Waals surface area contributed by atoms with Gasteiger partial charge in [0.15, 0.2) is 0 Å². The second-order valence-electron chi connectivity index (χ2n) is 8.38. The van der Waals surface area contributed by atoms with Crippen LogP contribution in [0.25, 0.3) is 16.7 Å². The topological polar surface area (TPSA) is 127 Å². The van der Waals surface area contributed by atoms with Gasteiger partial charge in [-0.05, 0) is 78.7 Å². The molecule has 2 N–H and O–H groups in total. The summed E-state index contributed by atoms with van der Waals surface area (Å²) >= 11 is 0. The third kappa shape index (κ3) is 5.16. The normalized spacial score (nSPS) is 13.3. The van der Waals surface area contributed by atoms with Crippen LogP contribution in [-0.2, 0) is 27.8 Å². The smallest absolute Gasteiger partial charge is 0.243 e. The van der Waals surface area contributed by atoms with Gasteiger partial charge in [-0.2, -0.15) is 4.31 Å². The zero-order chi connectivity index (χ0) is 26.5. The Morgan fingerprint density at radius 2 is 1.66 bits per heavy atom. The Labute approximate surface area is 218 Å². The molecule has 6 rings (SSSR count). The lowest BCUT2D eigenvalue weighted by molar-refractivity contribution is -0.116. The number of furan rings is 1. The summed E-state index contributed by atoms with van der Waals surface area (Å²) in [6.45, 7) is 0.688. The van der Waals surface area contributed by atoms with Crippen molar-refractivity contribution in [3.63, 3.8) is 0 Å². The van der Waals surface area contributed by atoms with Crippen molar-refractivity contribution < 1.29 is 27.6 Å². The van der Waals surface area contributed by atoms with E-state index in [9.17, 15) is 8.42 Å². The molecule has 1 aliphatic rings. The molecular formula is C27H24N4O6S. The molecule has 194 valence electrons. The second-order valence-corrected chi connectivity index (χ2v) is 10.3. The molecule has 5 aromatic rings. The van der Waals surface area contributed by atoms with E-state index in [0.29, 0.717) is 30.2 Å². The summed E-state index contributed by atoms with van der Waals surface area (Å²) in [7, 11) is -3.61. The lowest BCUT2D eigenvalue weighted by Gasteiger charge is -2.25. The molecule has 11 heteroatoms. The molecule has 0 atom stereocenters. The SMILES string of the molecule is O=CNO.O=S(=O)(c1ccc(Oc2ccc(-n3cnc4ccccc43)cc2)cc1)N1CCc2ccoc2C1. The Morgan fingerprint density at radius 3 is 2.37 bits per heavy atom. The molecule has 3 aromatic carbocycles. The number of aromatic nitrogens is 2. The van der Waals surface area contributed by atoms with E-state index in [1.807, 2.05) is 59.2 Å². The molecule has 0 unspecified atom stereocenters. The number of imidazole rings is 1. The van der Waals surface area contributed by atoms with Crippen LogP contribution in [0.1, 0.15) is 11.3 Å². The molecule has 10 nitrogen and oxygen atoms in total. The first-order chi connectivity index (χ1) is 18.5. The number of nitrogens with zero attached hydrogens (tertiary/aromatic N) is 3. The summed E-state index contributed by atoms with van der Waals surface area (Å²) in [6.07, 6.45) is 4.24. The number of rotatable bonds is 6. The van der Waals surface area contributed by atoms with Crippen molar-refractivity contribution in [3.8, 4) is 17.2 Å². The van der Waals surface area contributed by atoms with Crippen molar-refractivity contribution in [2.75, 3.05) is 6.54 Å². The van der Waals surface area contributed by atoms with Crippen LogP contribution in [0.4, 0.5) is 0 Å². The molecular weight excluding hydrogens is 508 g/mol. The van der Waals surface area contributed by atoms with Crippen LogP contribution in [0.5, 0.6) is 11.5 Å². The molecule has 0 bridgehead atoms. The number of fused-ring (bicyclic) bond motifs is 2. The van der Waals surface area contributed by atoms with E-state index >= 15 is 0 Å². The van der Waals surface area contributed by atoms with Crippen molar-refractivity contribution >= 4 is 27.5 Å². The van der Waals surface area contributed by atoms with Crippen LogP contribution >= 0.6 is 0 Å². The first kappa shape index (κ1) is 25.2. The maximum absolute atomic E-state index is 13.1. The monoisotopic (exact) mass is 532 g/mol. The molecule has 0 spiro atoms. The lowest BCUT2D eigenvalue weighted by Crippen LogP contribution is -2.35. The minimum atomic E-state index is -3.61. The highest BCUT2D eigenvalue weighted by Crippen LogP contribution is 2.28. The number of hydroxylamine groups is 1. The van der Waals surface area contributed by atoms with E-state index in [0.717, 1.165) is 22.3 Å². The van der Waals surface area contributed by atoms with Gasteiger partial charge in [0.05, 0.1) is 28.7 Å². The van der Waals surface area contributed by atoms with Gasteiger partial charge in [0.2, 0.25) is 16.4 Å². The largest absolute Gasteiger partial charge is 0.468 e. The number of nitrogens with one attached hydrogen (secondary N) is 1. The van der Waals surface area contributed by atoms with E-state index < -0.39 is 10.0 Å². The number of hydrogen-bond donors (Lipinski definition) is 2. The fourth-order valence-corrected chi connectivity index (χ4v) is 5.62. The third-order valence-electron chi connectivity index (χ3n) is 6.11. The molecule has 1 aliphatic heterocycles. The Balaban J connectivity index is 0.000000689. The van der Waals surface area contributed by atoms with Crippen molar-refractivity contribution in [1.29, 1.82) is 0 Å². The average molecular weight is 533 g/mol. The van der Waals surface area contributed by atoms with Gasteiger partial charge in [0.1, 0.15) is 23.6 Å². The molecule has 1 amide bonds. The maximum Gasteiger partial charge on any atom is 0.243 e. The number of amides is 1. The molecule has 0 aliphatic carbocycles. The molecule has 38 heavy (non-hydrogen) atoms. The summed E-state index contributed by atoms with van der Waals surface area (Å²) in [5.41, 5.74) is 5.27. The minimum absolute atomic E-state index is 0.181. The van der Waals surface area contributed by atoms with Crippen molar-refractivity contribution in [1.82, 2.24) is 19.3 Å². The van der Waals surface area contributed by atoms with Crippen molar-refractivity contribution in [3.05, 3.63) is 103 Å². The standard InChI is InChI=1S/C26H21N3O4S.CH3NO2/c30-34(31,28-15-13-19-14-16-32-26(19)17-28)23-11-9-22(10-12-23)33-21-7-5-20(6-8-21)29-18-27-24-3-1-2-4-25(24)29;3-1-2-4/h1-12,14,16,18H,13,15,17H2;1,4H,(H,2,3). The number of hydrogen-bond acceptors (Lipinski definition) is 7. The van der Waals surface area contributed by atoms with Crippen molar-refractivity contribution in [2.45, 2.75) is 17.9 Å². The number of ether oxygens (including phenoxy) is 1. The zero-order valence-corrected chi connectivity index (χ0v) is 20.9. The van der Waals surface area contributed by atoms with Crippen LogP contribution in [-0.4, -0.2) is 40.4 Å². The van der Waals surface area contributed by atoms with Gasteiger partial charge in [-0.25, -0.2) is 18.9 Å². The van der Waals surface area contributed by atoms with Gasteiger partial charge in [-0.1, -0.05) is 12.1 Å². The highest BCUT2D eigenvalue weighted by molar-refractivity contribution is 7.89. The summed E-state index contributed by atoms with van der Waals surface area (Å²) < 4.78 is 41.0. The van der Waals surface area contributed by atoms with Crippen molar-refractivity contribution in [2.24, 2.45) is 0 Å². The van der Waals surface area contributed by atoms with Gasteiger partial charge in [0, 0.05) is 12.2 Å². The predicted molar refractivity (Wildman–Crippen MR) is 139 cm³/mol.